The van der Waals surface area contributed by atoms with Gasteiger partial charge in [0.15, 0.2) is 0 Å². The highest BCUT2D eigenvalue weighted by molar-refractivity contribution is 4.76. The van der Waals surface area contributed by atoms with Crippen molar-refractivity contribution in [2.75, 3.05) is 13.1 Å². The normalized spacial score (nSPS) is 29.2. The van der Waals surface area contributed by atoms with Crippen LogP contribution in [0.1, 0.15) is 40.5 Å². The van der Waals surface area contributed by atoms with Crippen LogP contribution in [0.25, 0.3) is 0 Å². The molecule has 0 unspecified atom stereocenters. The number of rotatable bonds is 2. The van der Waals surface area contributed by atoms with Gasteiger partial charge in [0.25, 0.3) is 0 Å². The highest BCUT2D eigenvalue weighted by atomic mass is 15.2. The lowest BCUT2D eigenvalue weighted by Crippen LogP contribution is -2.42. The minimum atomic E-state index is 0.771. The molecule has 0 aromatic rings. The zero-order valence-electron chi connectivity index (χ0n) is 9.01. The third-order valence-electron chi connectivity index (χ3n) is 3.23. The summed E-state index contributed by atoms with van der Waals surface area (Å²) in [6, 6.07) is 0.771. The van der Waals surface area contributed by atoms with Crippen molar-refractivity contribution in [3.8, 4) is 0 Å². The zero-order valence-corrected chi connectivity index (χ0v) is 9.01. The van der Waals surface area contributed by atoms with E-state index in [1.54, 1.807) is 0 Å². The molecule has 1 heterocycles. The predicted molar refractivity (Wildman–Crippen MR) is 54.3 cm³/mol. The fourth-order valence-corrected chi connectivity index (χ4v) is 2.02. The van der Waals surface area contributed by atoms with E-state index in [4.69, 9.17) is 0 Å². The van der Waals surface area contributed by atoms with Crippen LogP contribution in [0.3, 0.4) is 0 Å². The maximum Gasteiger partial charge on any atom is 0.00900 e. The SMILES string of the molecule is CC(C)[C@H](C)N1CCC[C@H](C)C1. The second kappa shape index (κ2) is 4.27. The Balaban J connectivity index is 2.40. The molecule has 0 saturated carbocycles. The highest BCUT2D eigenvalue weighted by Crippen LogP contribution is 2.20. The van der Waals surface area contributed by atoms with E-state index in [1.807, 2.05) is 0 Å². The van der Waals surface area contributed by atoms with Crippen molar-refractivity contribution in [1.82, 2.24) is 4.90 Å². The quantitative estimate of drug-likeness (QED) is 0.614. The third kappa shape index (κ3) is 2.48. The highest BCUT2D eigenvalue weighted by Gasteiger charge is 2.22. The second-order valence-electron chi connectivity index (χ2n) is 4.73. The van der Waals surface area contributed by atoms with Gasteiger partial charge in [0.05, 0.1) is 0 Å². The Kier molecular flexibility index (Phi) is 3.57. The number of hydrogen-bond donors (Lipinski definition) is 0. The molecule has 0 amide bonds. The summed E-state index contributed by atoms with van der Waals surface area (Å²) in [4.78, 5) is 2.65. The van der Waals surface area contributed by atoms with Gasteiger partial charge in [-0.15, -0.1) is 0 Å². The summed E-state index contributed by atoms with van der Waals surface area (Å²) in [6.07, 6.45) is 2.83. The molecular formula is C11H23N. The Bertz CT molecular complexity index is 131. The average molecular weight is 169 g/mol. The van der Waals surface area contributed by atoms with E-state index in [0.29, 0.717) is 0 Å². The Morgan fingerprint density at radius 3 is 2.42 bits per heavy atom. The smallest absolute Gasteiger partial charge is 0.00900 e. The molecule has 1 nitrogen and oxygen atoms in total. The maximum absolute atomic E-state index is 2.65. The molecule has 0 aromatic heterocycles. The summed E-state index contributed by atoms with van der Waals surface area (Å²) >= 11 is 0. The van der Waals surface area contributed by atoms with Crippen LogP contribution >= 0.6 is 0 Å². The third-order valence-corrected chi connectivity index (χ3v) is 3.23. The van der Waals surface area contributed by atoms with E-state index in [1.165, 1.54) is 25.9 Å². The van der Waals surface area contributed by atoms with Crippen LogP contribution in [0.15, 0.2) is 0 Å². The van der Waals surface area contributed by atoms with Crippen LogP contribution in [0, 0.1) is 11.8 Å². The number of piperidine rings is 1. The summed E-state index contributed by atoms with van der Waals surface area (Å²) in [6.45, 7) is 12.0. The Morgan fingerprint density at radius 2 is 1.92 bits per heavy atom. The van der Waals surface area contributed by atoms with Gasteiger partial charge < -0.3 is 4.90 Å². The average Bonchev–Trinajstić information content (AvgIpc) is 2.03. The largest absolute Gasteiger partial charge is 0.300 e. The zero-order chi connectivity index (χ0) is 9.14. The first kappa shape index (κ1) is 10.0. The maximum atomic E-state index is 2.65. The fourth-order valence-electron chi connectivity index (χ4n) is 2.02. The molecule has 72 valence electrons. The molecule has 1 heteroatoms. The topological polar surface area (TPSA) is 3.24 Å². The molecule has 1 aliphatic rings. The first-order valence-corrected chi connectivity index (χ1v) is 5.35. The van der Waals surface area contributed by atoms with E-state index < -0.39 is 0 Å². The molecule has 0 aliphatic carbocycles. The summed E-state index contributed by atoms with van der Waals surface area (Å²) in [5, 5.41) is 0. The molecular weight excluding hydrogens is 146 g/mol. The Hall–Kier alpha value is -0.0400. The standard InChI is InChI=1S/C11H23N/c1-9(2)11(4)12-7-5-6-10(3)8-12/h9-11H,5-8H2,1-4H3/t10-,11-/m0/s1. The molecule has 0 spiro atoms. The van der Waals surface area contributed by atoms with Gasteiger partial charge in [-0.2, -0.15) is 0 Å². The van der Waals surface area contributed by atoms with Crippen LogP contribution in [-0.2, 0) is 0 Å². The van der Waals surface area contributed by atoms with Crippen molar-refractivity contribution in [3.63, 3.8) is 0 Å². The number of nitrogens with zero attached hydrogens (tertiary/aromatic N) is 1. The molecule has 1 rings (SSSR count). The summed E-state index contributed by atoms with van der Waals surface area (Å²) in [5.74, 6) is 1.72. The molecule has 0 radical (unpaired) electrons. The lowest BCUT2D eigenvalue weighted by molar-refractivity contribution is 0.112. The Labute approximate surface area is 77.1 Å². The first-order valence-electron chi connectivity index (χ1n) is 5.35. The minimum Gasteiger partial charge on any atom is -0.300 e. The van der Waals surface area contributed by atoms with Crippen molar-refractivity contribution < 1.29 is 0 Å². The van der Waals surface area contributed by atoms with Crippen molar-refractivity contribution >= 4 is 0 Å². The van der Waals surface area contributed by atoms with Crippen LogP contribution in [-0.4, -0.2) is 24.0 Å². The van der Waals surface area contributed by atoms with E-state index in [9.17, 15) is 0 Å². The van der Waals surface area contributed by atoms with Gasteiger partial charge in [-0.25, -0.2) is 0 Å². The van der Waals surface area contributed by atoms with E-state index in [2.05, 4.69) is 32.6 Å². The summed E-state index contributed by atoms with van der Waals surface area (Å²) < 4.78 is 0. The lowest BCUT2D eigenvalue weighted by atomic mass is 9.96. The van der Waals surface area contributed by atoms with Gasteiger partial charge in [-0.1, -0.05) is 20.8 Å². The predicted octanol–water partition coefficient (Wildman–Crippen LogP) is 2.76. The van der Waals surface area contributed by atoms with Gasteiger partial charge in [-0.05, 0) is 38.1 Å². The van der Waals surface area contributed by atoms with Crippen molar-refractivity contribution in [2.24, 2.45) is 11.8 Å². The van der Waals surface area contributed by atoms with Crippen molar-refractivity contribution in [2.45, 2.75) is 46.6 Å². The molecule has 1 fully saturated rings. The van der Waals surface area contributed by atoms with Crippen LogP contribution in [0.2, 0.25) is 0 Å². The van der Waals surface area contributed by atoms with Crippen LogP contribution in [0.4, 0.5) is 0 Å². The van der Waals surface area contributed by atoms with E-state index in [0.717, 1.165) is 17.9 Å². The van der Waals surface area contributed by atoms with Crippen LogP contribution < -0.4 is 0 Å². The fraction of sp³-hybridized carbons (Fsp3) is 1.00. The summed E-state index contributed by atoms with van der Waals surface area (Å²) in [5.41, 5.74) is 0. The van der Waals surface area contributed by atoms with Crippen LogP contribution in [0.5, 0.6) is 0 Å². The van der Waals surface area contributed by atoms with Crippen molar-refractivity contribution in [3.05, 3.63) is 0 Å². The van der Waals surface area contributed by atoms with Gasteiger partial charge >= 0.3 is 0 Å². The molecule has 12 heavy (non-hydrogen) atoms. The molecule has 1 saturated heterocycles. The van der Waals surface area contributed by atoms with Crippen molar-refractivity contribution in [1.29, 1.82) is 0 Å². The molecule has 2 atom stereocenters. The molecule has 0 aromatic carbocycles. The van der Waals surface area contributed by atoms with Gasteiger partial charge in [-0.3, -0.25) is 0 Å². The van der Waals surface area contributed by atoms with Gasteiger partial charge in [0, 0.05) is 12.6 Å². The number of hydrogen-bond acceptors (Lipinski definition) is 1. The van der Waals surface area contributed by atoms with Gasteiger partial charge in [0.2, 0.25) is 0 Å². The van der Waals surface area contributed by atoms with E-state index in [-0.39, 0.29) is 0 Å². The number of likely N-dealkylation sites (tertiary alicyclic amines) is 1. The summed E-state index contributed by atoms with van der Waals surface area (Å²) in [7, 11) is 0. The molecule has 1 aliphatic heterocycles. The monoisotopic (exact) mass is 169 g/mol. The minimum absolute atomic E-state index is 0.771. The second-order valence-corrected chi connectivity index (χ2v) is 4.73. The Morgan fingerprint density at radius 1 is 1.25 bits per heavy atom. The van der Waals surface area contributed by atoms with E-state index >= 15 is 0 Å². The molecule has 0 N–H and O–H groups in total. The lowest BCUT2D eigenvalue weighted by Gasteiger charge is -2.37. The molecule has 0 bridgehead atoms. The first-order chi connectivity index (χ1) is 5.61. The van der Waals surface area contributed by atoms with Gasteiger partial charge in [0.1, 0.15) is 0 Å².